The van der Waals surface area contributed by atoms with Crippen LogP contribution in [-0.4, -0.2) is 36.5 Å². The molecule has 1 aliphatic heterocycles. The van der Waals surface area contributed by atoms with Gasteiger partial charge in [0, 0.05) is 12.6 Å². The minimum Gasteiger partial charge on any atom is -0.338 e. The van der Waals surface area contributed by atoms with Gasteiger partial charge >= 0.3 is 0 Å². The average Bonchev–Trinajstić information content (AvgIpc) is 2.47. The Labute approximate surface area is 115 Å². The SMILES string of the molecule is CNC1CCCN(C2CCc3ccccc3C2)C1=O. The van der Waals surface area contributed by atoms with Gasteiger partial charge in [-0.1, -0.05) is 24.3 Å². The van der Waals surface area contributed by atoms with Crippen molar-refractivity contribution in [2.75, 3.05) is 13.6 Å². The molecule has 0 aromatic heterocycles. The van der Waals surface area contributed by atoms with E-state index < -0.39 is 0 Å². The van der Waals surface area contributed by atoms with Crippen LogP contribution in [-0.2, 0) is 17.6 Å². The Balaban J connectivity index is 1.75. The highest BCUT2D eigenvalue weighted by Gasteiger charge is 2.33. The molecule has 1 aromatic carbocycles. The first-order valence-corrected chi connectivity index (χ1v) is 7.34. The van der Waals surface area contributed by atoms with Crippen LogP contribution in [0.5, 0.6) is 0 Å². The van der Waals surface area contributed by atoms with Crippen molar-refractivity contribution in [1.29, 1.82) is 0 Å². The van der Waals surface area contributed by atoms with Gasteiger partial charge in [0.2, 0.25) is 5.91 Å². The molecule has 3 rings (SSSR count). The average molecular weight is 258 g/mol. The Kier molecular flexibility index (Phi) is 3.56. The van der Waals surface area contributed by atoms with Crippen molar-refractivity contribution < 1.29 is 4.79 Å². The number of aryl methyl sites for hydroxylation is 1. The molecule has 0 saturated carbocycles. The number of fused-ring (bicyclic) bond motifs is 1. The largest absolute Gasteiger partial charge is 0.338 e. The van der Waals surface area contributed by atoms with Gasteiger partial charge in [-0.15, -0.1) is 0 Å². The van der Waals surface area contributed by atoms with Crippen molar-refractivity contribution in [2.24, 2.45) is 0 Å². The van der Waals surface area contributed by atoms with E-state index in [4.69, 9.17) is 0 Å². The van der Waals surface area contributed by atoms with E-state index in [2.05, 4.69) is 34.5 Å². The summed E-state index contributed by atoms with van der Waals surface area (Å²) in [5, 5.41) is 3.15. The highest BCUT2D eigenvalue weighted by molar-refractivity contribution is 5.83. The van der Waals surface area contributed by atoms with Crippen LogP contribution in [0.1, 0.15) is 30.4 Å². The van der Waals surface area contributed by atoms with Crippen molar-refractivity contribution in [3.63, 3.8) is 0 Å². The van der Waals surface area contributed by atoms with Crippen LogP contribution in [0.4, 0.5) is 0 Å². The summed E-state index contributed by atoms with van der Waals surface area (Å²) in [6.45, 7) is 0.934. The summed E-state index contributed by atoms with van der Waals surface area (Å²) < 4.78 is 0. The molecule has 102 valence electrons. The number of carbonyl (C=O) groups is 1. The summed E-state index contributed by atoms with van der Waals surface area (Å²) in [5.41, 5.74) is 2.89. The fourth-order valence-corrected chi connectivity index (χ4v) is 3.47. The van der Waals surface area contributed by atoms with Gasteiger partial charge in [-0.05, 0) is 50.3 Å². The van der Waals surface area contributed by atoms with Gasteiger partial charge < -0.3 is 10.2 Å². The number of hydrogen-bond acceptors (Lipinski definition) is 2. The number of carbonyl (C=O) groups excluding carboxylic acids is 1. The fraction of sp³-hybridized carbons (Fsp3) is 0.562. The van der Waals surface area contributed by atoms with E-state index in [-0.39, 0.29) is 6.04 Å². The summed E-state index contributed by atoms with van der Waals surface area (Å²) in [4.78, 5) is 14.6. The number of rotatable bonds is 2. The second-order valence-corrected chi connectivity index (χ2v) is 5.68. The minimum atomic E-state index is 0.0333. The molecule has 1 N–H and O–H groups in total. The summed E-state index contributed by atoms with van der Waals surface area (Å²) in [5.74, 6) is 0.304. The lowest BCUT2D eigenvalue weighted by atomic mass is 9.86. The zero-order valence-electron chi connectivity index (χ0n) is 11.6. The molecule has 2 atom stereocenters. The van der Waals surface area contributed by atoms with Crippen molar-refractivity contribution in [2.45, 2.75) is 44.2 Å². The van der Waals surface area contributed by atoms with Crippen molar-refractivity contribution in [1.82, 2.24) is 10.2 Å². The lowest BCUT2D eigenvalue weighted by molar-refractivity contribution is -0.138. The number of nitrogens with zero attached hydrogens (tertiary/aromatic N) is 1. The monoisotopic (exact) mass is 258 g/mol. The van der Waals surface area contributed by atoms with Crippen LogP contribution < -0.4 is 5.32 Å². The summed E-state index contributed by atoms with van der Waals surface area (Å²) in [6.07, 6.45) is 5.34. The second-order valence-electron chi connectivity index (χ2n) is 5.68. The van der Waals surface area contributed by atoms with Gasteiger partial charge in [0.05, 0.1) is 6.04 Å². The number of likely N-dealkylation sites (tertiary alicyclic amines) is 1. The number of amides is 1. The summed E-state index contributed by atoms with van der Waals surface area (Å²) in [6, 6.07) is 9.09. The van der Waals surface area contributed by atoms with E-state index >= 15 is 0 Å². The molecule has 1 heterocycles. The fourth-order valence-electron chi connectivity index (χ4n) is 3.47. The van der Waals surface area contributed by atoms with Crippen LogP contribution >= 0.6 is 0 Å². The van der Waals surface area contributed by atoms with Crippen molar-refractivity contribution in [3.05, 3.63) is 35.4 Å². The first-order chi connectivity index (χ1) is 9.29. The third-order valence-electron chi connectivity index (χ3n) is 4.58. The molecule has 3 heteroatoms. The van der Waals surface area contributed by atoms with Crippen LogP contribution in [0.2, 0.25) is 0 Å². The summed E-state index contributed by atoms with van der Waals surface area (Å²) >= 11 is 0. The molecule has 1 aliphatic carbocycles. The highest BCUT2D eigenvalue weighted by Crippen LogP contribution is 2.26. The maximum Gasteiger partial charge on any atom is 0.239 e. The Morgan fingerprint density at radius 2 is 2.00 bits per heavy atom. The number of benzene rings is 1. The second kappa shape index (κ2) is 5.33. The van der Waals surface area contributed by atoms with Gasteiger partial charge in [-0.25, -0.2) is 0 Å². The van der Waals surface area contributed by atoms with E-state index in [1.165, 1.54) is 11.1 Å². The molecular formula is C16H22N2O. The predicted molar refractivity (Wildman–Crippen MR) is 76.0 cm³/mol. The zero-order valence-corrected chi connectivity index (χ0v) is 11.6. The molecule has 1 aromatic rings. The number of piperidine rings is 1. The molecule has 3 nitrogen and oxygen atoms in total. The van der Waals surface area contributed by atoms with E-state index in [0.717, 1.165) is 38.6 Å². The first kappa shape index (κ1) is 12.7. The van der Waals surface area contributed by atoms with Gasteiger partial charge in [0.1, 0.15) is 0 Å². The van der Waals surface area contributed by atoms with Gasteiger partial charge in [0.25, 0.3) is 0 Å². The van der Waals surface area contributed by atoms with Crippen molar-refractivity contribution >= 4 is 5.91 Å². The quantitative estimate of drug-likeness (QED) is 0.876. The third-order valence-corrected chi connectivity index (χ3v) is 4.58. The molecule has 1 saturated heterocycles. The Morgan fingerprint density at radius 1 is 1.21 bits per heavy atom. The molecule has 19 heavy (non-hydrogen) atoms. The molecule has 0 bridgehead atoms. The minimum absolute atomic E-state index is 0.0333. The molecule has 0 spiro atoms. The van der Waals surface area contributed by atoms with Crippen LogP contribution in [0.15, 0.2) is 24.3 Å². The Hall–Kier alpha value is -1.35. The maximum atomic E-state index is 12.4. The molecular weight excluding hydrogens is 236 g/mol. The van der Waals surface area contributed by atoms with E-state index in [0.29, 0.717) is 11.9 Å². The first-order valence-electron chi connectivity index (χ1n) is 7.34. The zero-order chi connectivity index (χ0) is 13.2. The van der Waals surface area contributed by atoms with Crippen LogP contribution in [0.3, 0.4) is 0 Å². The molecule has 1 fully saturated rings. The van der Waals surface area contributed by atoms with E-state index in [1.54, 1.807) is 0 Å². The van der Waals surface area contributed by atoms with Gasteiger partial charge in [-0.3, -0.25) is 4.79 Å². The topological polar surface area (TPSA) is 32.3 Å². The molecule has 2 unspecified atom stereocenters. The number of hydrogen-bond donors (Lipinski definition) is 1. The van der Waals surface area contributed by atoms with Gasteiger partial charge in [-0.2, -0.15) is 0 Å². The number of likely N-dealkylation sites (N-methyl/N-ethyl adjacent to an activating group) is 1. The van der Waals surface area contributed by atoms with E-state index in [9.17, 15) is 4.79 Å². The summed E-state index contributed by atoms with van der Waals surface area (Å²) in [7, 11) is 1.89. The highest BCUT2D eigenvalue weighted by atomic mass is 16.2. The van der Waals surface area contributed by atoms with Gasteiger partial charge in [0.15, 0.2) is 0 Å². The molecule has 2 aliphatic rings. The molecule has 1 amide bonds. The number of nitrogens with one attached hydrogen (secondary N) is 1. The lowest BCUT2D eigenvalue weighted by Crippen LogP contribution is -2.54. The Bertz CT molecular complexity index is 472. The molecule has 0 radical (unpaired) electrons. The maximum absolute atomic E-state index is 12.4. The third kappa shape index (κ3) is 2.39. The lowest BCUT2D eigenvalue weighted by Gasteiger charge is -2.40. The Morgan fingerprint density at radius 3 is 2.79 bits per heavy atom. The van der Waals surface area contributed by atoms with E-state index in [1.807, 2.05) is 7.05 Å². The normalized spacial score (nSPS) is 27.2. The van der Waals surface area contributed by atoms with Crippen molar-refractivity contribution in [3.8, 4) is 0 Å². The standard InChI is InChI=1S/C16H22N2O/c1-17-15-7-4-10-18(16(15)19)14-9-8-12-5-2-3-6-13(12)11-14/h2-3,5-6,14-15,17H,4,7-11H2,1H3. The predicted octanol–water partition coefficient (Wildman–Crippen LogP) is 1.75. The van der Waals surface area contributed by atoms with Crippen LogP contribution in [0, 0.1) is 0 Å². The van der Waals surface area contributed by atoms with Crippen LogP contribution in [0.25, 0.3) is 0 Å². The smallest absolute Gasteiger partial charge is 0.239 e.